The second-order valence-corrected chi connectivity index (χ2v) is 7.81. The van der Waals surface area contributed by atoms with Crippen molar-refractivity contribution in [2.24, 2.45) is 4.99 Å². The number of nitrogens with zero attached hydrogens (tertiary/aromatic N) is 2. The molecule has 13 heteroatoms. The molecule has 0 N–H and O–H groups in total. The van der Waals surface area contributed by atoms with Crippen LogP contribution in [-0.4, -0.2) is 50.6 Å². The van der Waals surface area contributed by atoms with Crippen LogP contribution in [0.3, 0.4) is 0 Å². The molecular weight excluding hydrogens is 425 g/mol. The summed E-state index contributed by atoms with van der Waals surface area (Å²) in [5.41, 5.74) is -0.0778. The van der Waals surface area contributed by atoms with Crippen molar-refractivity contribution in [3.05, 3.63) is 23.5 Å². The molecule has 0 saturated carbocycles. The van der Waals surface area contributed by atoms with Gasteiger partial charge in [0.05, 0.1) is 27.1 Å². The number of amidine groups is 1. The van der Waals surface area contributed by atoms with Crippen LogP contribution in [0.25, 0.3) is 0 Å². The Morgan fingerprint density at radius 3 is 2.37 bits per heavy atom. The van der Waals surface area contributed by atoms with Crippen molar-refractivity contribution in [3.63, 3.8) is 0 Å². The van der Waals surface area contributed by atoms with E-state index in [9.17, 15) is 39.7 Å². The maximum absolute atomic E-state index is 13.9. The van der Waals surface area contributed by atoms with Crippen molar-refractivity contribution in [2.75, 3.05) is 18.1 Å². The monoisotopic (exact) mass is 436 g/mol. The summed E-state index contributed by atoms with van der Waals surface area (Å²) in [6.45, 7) is -0.251. The molecule has 150 valence electrons. The van der Waals surface area contributed by atoms with Gasteiger partial charge < -0.3 is 0 Å². The standard InChI is InChI=1S/C14H11F7N2O2S2/c1-7-2-8(15)10(27(25)6-14(19,20)21)3-9(7)22-12-23(5-13(16,17)18)11(24)4-26-12/h2-3H,4-6H2,1H3/t27-/m0/s1. The zero-order chi connectivity index (χ0) is 20.6. The van der Waals surface area contributed by atoms with Gasteiger partial charge >= 0.3 is 12.4 Å². The van der Waals surface area contributed by atoms with E-state index in [1.165, 1.54) is 6.92 Å². The first kappa shape index (κ1) is 21.7. The number of aryl methyl sites for hydroxylation is 1. The highest BCUT2D eigenvalue weighted by Gasteiger charge is 2.39. The van der Waals surface area contributed by atoms with E-state index >= 15 is 0 Å². The number of aliphatic imine (C=N–C) groups is 1. The summed E-state index contributed by atoms with van der Waals surface area (Å²) in [6, 6.07) is 1.58. The minimum Gasteiger partial charge on any atom is -0.281 e. The molecule has 4 nitrogen and oxygen atoms in total. The third-order valence-electron chi connectivity index (χ3n) is 3.20. The van der Waals surface area contributed by atoms with Crippen molar-refractivity contribution in [1.29, 1.82) is 0 Å². The van der Waals surface area contributed by atoms with Crippen molar-refractivity contribution in [1.82, 2.24) is 4.90 Å². The molecule has 1 amide bonds. The van der Waals surface area contributed by atoms with Gasteiger partial charge in [-0.05, 0) is 24.6 Å². The van der Waals surface area contributed by atoms with Gasteiger partial charge in [-0.1, -0.05) is 11.8 Å². The lowest BCUT2D eigenvalue weighted by molar-refractivity contribution is -0.150. The van der Waals surface area contributed by atoms with E-state index in [2.05, 4.69) is 4.99 Å². The summed E-state index contributed by atoms with van der Waals surface area (Å²) in [5.74, 6) is -4.06. The molecule has 1 atom stereocenters. The third kappa shape index (κ3) is 5.92. The molecule has 0 bridgehead atoms. The fourth-order valence-corrected chi connectivity index (χ4v) is 3.95. The van der Waals surface area contributed by atoms with Crippen LogP contribution in [0.2, 0.25) is 0 Å². The summed E-state index contributed by atoms with van der Waals surface area (Å²) in [5, 5.41) is -0.320. The van der Waals surface area contributed by atoms with Gasteiger partial charge in [0.1, 0.15) is 18.1 Å². The van der Waals surface area contributed by atoms with E-state index in [0.717, 1.165) is 12.1 Å². The summed E-state index contributed by atoms with van der Waals surface area (Å²) in [7, 11) is -2.75. The topological polar surface area (TPSA) is 49.7 Å². The first-order valence-electron chi connectivity index (χ1n) is 7.11. The molecular formula is C14H11F7N2O2S2. The van der Waals surface area contributed by atoms with Crippen LogP contribution in [0, 0.1) is 12.7 Å². The SMILES string of the molecule is Cc1cc(F)c([S@@](=O)CC(F)(F)F)cc1N=C1SCC(=O)N1CC(F)(F)F. The number of hydrogen-bond acceptors (Lipinski definition) is 4. The van der Waals surface area contributed by atoms with Crippen LogP contribution >= 0.6 is 11.8 Å². The van der Waals surface area contributed by atoms with Gasteiger partial charge in [0, 0.05) is 0 Å². The lowest BCUT2D eigenvalue weighted by atomic mass is 10.2. The van der Waals surface area contributed by atoms with Crippen LogP contribution in [0.4, 0.5) is 36.4 Å². The normalized spacial score (nSPS) is 18.4. The highest BCUT2D eigenvalue weighted by molar-refractivity contribution is 8.15. The molecule has 0 radical (unpaired) electrons. The molecule has 1 aromatic rings. The largest absolute Gasteiger partial charge is 0.406 e. The van der Waals surface area contributed by atoms with Crippen molar-refractivity contribution in [3.8, 4) is 0 Å². The number of alkyl halides is 6. The number of hydrogen-bond donors (Lipinski definition) is 0. The molecule has 1 saturated heterocycles. The zero-order valence-corrected chi connectivity index (χ0v) is 15.1. The molecule has 1 aliphatic heterocycles. The molecule has 27 heavy (non-hydrogen) atoms. The summed E-state index contributed by atoms with van der Waals surface area (Å²) >= 11 is 0.708. The second-order valence-electron chi connectivity index (χ2n) is 5.45. The van der Waals surface area contributed by atoms with E-state index < -0.39 is 52.1 Å². The molecule has 1 aromatic carbocycles. The van der Waals surface area contributed by atoms with Gasteiger partial charge in [-0.15, -0.1) is 0 Å². The van der Waals surface area contributed by atoms with Crippen LogP contribution in [0.5, 0.6) is 0 Å². The van der Waals surface area contributed by atoms with Crippen molar-refractivity contribution >= 4 is 39.3 Å². The molecule has 0 spiro atoms. The van der Waals surface area contributed by atoms with Gasteiger partial charge in [-0.2, -0.15) is 26.3 Å². The highest BCUT2D eigenvalue weighted by atomic mass is 32.2. The van der Waals surface area contributed by atoms with Crippen LogP contribution in [-0.2, 0) is 15.6 Å². The maximum Gasteiger partial charge on any atom is 0.406 e. The molecule has 0 aromatic heterocycles. The minimum absolute atomic E-state index is 0.0969. The number of amides is 1. The first-order chi connectivity index (χ1) is 12.3. The van der Waals surface area contributed by atoms with Gasteiger partial charge in [0.2, 0.25) is 5.91 Å². The summed E-state index contributed by atoms with van der Waals surface area (Å²) in [4.78, 5) is 15.1. The molecule has 1 fully saturated rings. The van der Waals surface area contributed by atoms with Crippen LogP contribution in [0.15, 0.2) is 22.0 Å². The smallest absolute Gasteiger partial charge is 0.281 e. The summed E-state index contributed by atoms with van der Waals surface area (Å²) in [6.07, 6.45) is -9.48. The predicted octanol–water partition coefficient (Wildman–Crippen LogP) is 3.93. The van der Waals surface area contributed by atoms with Gasteiger partial charge in [0.25, 0.3) is 0 Å². The minimum atomic E-state index is -4.80. The molecule has 1 aliphatic rings. The van der Waals surface area contributed by atoms with Crippen molar-refractivity contribution < 1.29 is 39.7 Å². The van der Waals surface area contributed by atoms with Gasteiger partial charge in [0.15, 0.2) is 5.17 Å². The Morgan fingerprint density at radius 2 is 1.81 bits per heavy atom. The molecule has 0 unspecified atom stereocenters. The van der Waals surface area contributed by atoms with Crippen molar-refractivity contribution in [2.45, 2.75) is 24.2 Å². The number of halogens is 7. The number of thioether (sulfide) groups is 1. The number of carbonyl (C=O) groups is 1. The van der Waals surface area contributed by atoms with Gasteiger partial charge in [-0.3, -0.25) is 13.9 Å². The van der Waals surface area contributed by atoms with Gasteiger partial charge in [-0.25, -0.2) is 9.38 Å². The van der Waals surface area contributed by atoms with E-state index in [-0.39, 0.29) is 22.2 Å². The molecule has 0 aliphatic carbocycles. The van der Waals surface area contributed by atoms with E-state index in [0.29, 0.717) is 16.7 Å². The highest BCUT2D eigenvalue weighted by Crippen LogP contribution is 2.31. The lowest BCUT2D eigenvalue weighted by Gasteiger charge is -2.18. The summed E-state index contributed by atoms with van der Waals surface area (Å²) < 4.78 is 101. The molecule has 2 rings (SSSR count). The first-order valence-corrected chi connectivity index (χ1v) is 9.41. The quantitative estimate of drug-likeness (QED) is 0.673. The lowest BCUT2D eigenvalue weighted by Crippen LogP contribution is -2.38. The van der Waals surface area contributed by atoms with Crippen LogP contribution in [0.1, 0.15) is 5.56 Å². The Labute approximate surface area is 155 Å². The Kier molecular flexibility index (Phi) is 6.24. The number of benzene rings is 1. The Hall–Kier alpha value is -1.63. The number of rotatable bonds is 4. The zero-order valence-electron chi connectivity index (χ0n) is 13.4. The Bertz CT molecular complexity index is 806. The third-order valence-corrected chi connectivity index (χ3v) is 5.55. The van der Waals surface area contributed by atoms with E-state index in [1.54, 1.807) is 0 Å². The average Bonchev–Trinajstić information content (AvgIpc) is 2.79. The van der Waals surface area contributed by atoms with E-state index in [4.69, 9.17) is 0 Å². The second kappa shape index (κ2) is 7.78. The predicted molar refractivity (Wildman–Crippen MR) is 85.8 cm³/mol. The Morgan fingerprint density at radius 1 is 1.19 bits per heavy atom. The van der Waals surface area contributed by atoms with E-state index in [1.807, 2.05) is 0 Å². The fraction of sp³-hybridized carbons (Fsp3) is 0.429. The van der Waals surface area contributed by atoms with Crippen LogP contribution < -0.4 is 0 Å². The number of carbonyl (C=O) groups excluding carboxylic acids is 1. The average molecular weight is 436 g/mol. The Balaban J connectivity index is 2.40. The maximum atomic E-state index is 13.9. The molecule has 1 heterocycles. The fourth-order valence-electron chi connectivity index (χ4n) is 2.08.